The third kappa shape index (κ3) is 4.21. The second kappa shape index (κ2) is 8.53. The lowest BCUT2D eigenvalue weighted by Crippen LogP contribution is -2.46. The van der Waals surface area contributed by atoms with Crippen molar-refractivity contribution in [3.05, 3.63) is 46.1 Å². The van der Waals surface area contributed by atoms with Crippen molar-refractivity contribution in [3.63, 3.8) is 0 Å². The van der Waals surface area contributed by atoms with Gasteiger partial charge in [-0.3, -0.25) is 14.5 Å². The zero-order chi connectivity index (χ0) is 24.0. The van der Waals surface area contributed by atoms with Gasteiger partial charge in [-0.1, -0.05) is 11.6 Å². The first-order chi connectivity index (χ1) is 14.9. The molecule has 0 bridgehead atoms. The molecular formula is C20H18ClF5N4O2. The number of alkyl halides is 3. The molecule has 2 aromatic rings. The number of carbonyl (C=O) groups excluding carboxylic acids is 2. The number of pyridine rings is 1. The van der Waals surface area contributed by atoms with Crippen LogP contribution in [-0.4, -0.2) is 36.9 Å². The van der Waals surface area contributed by atoms with Crippen LogP contribution in [0, 0.1) is 18.6 Å². The molecule has 1 unspecified atom stereocenters. The van der Waals surface area contributed by atoms with Crippen LogP contribution < -0.4 is 15.1 Å². The Morgan fingerprint density at radius 3 is 2.53 bits per heavy atom. The number of amides is 2. The summed E-state index contributed by atoms with van der Waals surface area (Å²) >= 11 is 5.95. The van der Waals surface area contributed by atoms with Gasteiger partial charge in [-0.15, -0.1) is 0 Å². The van der Waals surface area contributed by atoms with E-state index in [0.29, 0.717) is 6.07 Å². The summed E-state index contributed by atoms with van der Waals surface area (Å²) in [6.45, 7) is 1.32. The number of hydrogen-bond donors (Lipinski definition) is 1. The van der Waals surface area contributed by atoms with E-state index in [0.717, 1.165) is 29.0 Å². The molecule has 1 aromatic carbocycles. The van der Waals surface area contributed by atoms with E-state index in [1.54, 1.807) is 0 Å². The number of hydrogen-bond acceptors (Lipinski definition) is 4. The van der Waals surface area contributed by atoms with Crippen LogP contribution in [0.2, 0.25) is 5.02 Å². The number of carbonyl (C=O) groups is 2. The van der Waals surface area contributed by atoms with Crippen molar-refractivity contribution < 1.29 is 31.5 Å². The van der Waals surface area contributed by atoms with Crippen molar-refractivity contribution in [2.45, 2.75) is 32.0 Å². The maximum Gasteiger partial charge on any atom is 0.416 e. The van der Waals surface area contributed by atoms with Crippen LogP contribution in [0.25, 0.3) is 0 Å². The Morgan fingerprint density at radius 2 is 1.94 bits per heavy atom. The third-order valence-electron chi connectivity index (χ3n) is 5.07. The SMILES string of the molecule is CNc1c(Cl)cc(F)c(F)c1N(C)C(=O)C1CCC(=O)N1c1cc(C(F)(F)F)cc(C)n1. The summed E-state index contributed by atoms with van der Waals surface area (Å²) < 4.78 is 68.2. The first-order valence-electron chi connectivity index (χ1n) is 9.37. The summed E-state index contributed by atoms with van der Waals surface area (Å²) in [4.78, 5) is 31.3. The molecule has 12 heteroatoms. The second-order valence-electron chi connectivity index (χ2n) is 7.20. The molecule has 2 heterocycles. The molecule has 3 rings (SSSR count). The van der Waals surface area contributed by atoms with Crippen LogP contribution in [0.4, 0.5) is 39.1 Å². The Kier molecular flexibility index (Phi) is 6.32. The average Bonchev–Trinajstić information content (AvgIpc) is 3.09. The van der Waals surface area contributed by atoms with E-state index in [9.17, 15) is 31.5 Å². The van der Waals surface area contributed by atoms with Crippen LogP contribution >= 0.6 is 11.6 Å². The van der Waals surface area contributed by atoms with Crippen LogP contribution in [0.5, 0.6) is 0 Å². The fraction of sp³-hybridized carbons (Fsp3) is 0.350. The van der Waals surface area contributed by atoms with Gasteiger partial charge < -0.3 is 10.2 Å². The number of halogens is 6. The van der Waals surface area contributed by atoms with Crippen molar-refractivity contribution in [1.29, 1.82) is 0 Å². The molecule has 1 aliphatic heterocycles. The molecule has 1 aromatic heterocycles. The first kappa shape index (κ1) is 23.7. The maximum absolute atomic E-state index is 14.6. The van der Waals surface area contributed by atoms with Gasteiger partial charge in [-0.2, -0.15) is 13.2 Å². The smallest absolute Gasteiger partial charge is 0.385 e. The Labute approximate surface area is 185 Å². The van der Waals surface area contributed by atoms with E-state index >= 15 is 0 Å². The lowest BCUT2D eigenvalue weighted by molar-refractivity contribution is -0.137. The minimum Gasteiger partial charge on any atom is -0.385 e. The van der Waals surface area contributed by atoms with Gasteiger partial charge in [0.1, 0.15) is 17.5 Å². The second-order valence-corrected chi connectivity index (χ2v) is 7.60. The lowest BCUT2D eigenvalue weighted by Gasteiger charge is -2.29. The monoisotopic (exact) mass is 476 g/mol. The lowest BCUT2D eigenvalue weighted by atomic mass is 10.1. The highest BCUT2D eigenvalue weighted by molar-refractivity contribution is 6.34. The van der Waals surface area contributed by atoms with Gasteiger partial charge in [-0.05, 0) is 31.5 Å². The normalized spacial score (nSPS) is 16.5. The molecule has 1 fully saturated rings. The van der Waals surface area contributed by atoms with Gasteiger partial charge in [0.2, 0.25) is 11.8 Å². The van der Waals surface area contributed by atoms with Crippen molar-refractivity contribution >= 4 is 40.6 Å². The first-order valence-corrected chi connectivity index (χ1v) is 9.75. The molecule has 1 atom stereocenters. The standard InChI is InChI=1S/C20H18ClF5N4O2/c1-9-6-10(20(24,25)26)7-14(28-9)30-13(4-5-15(30)31)19(32)29(3)18-16(23)12(22)8-11(21)17(18)27-2/h6-8,13,27H,4-5H2,1-3H3. The highest BCUT2D eigenvalue weighted by Gasteiger charge is 2.42. The van der Waals surface area contributed by atoms with Gasteiger partial charge >= 0.3 is 6.18 Å². The van der Waals surface area contributed by atoms with E-state index in [-0.39, 0.29) is 35.1 Å². The Morgan fingerprint density at radius 1 is 1.28 bits per heavy atom. The predicted octanol–water partition coefficient (Wildman–Crippen LogP) is 4.54. The number of anilines is 3. The molecule has 0 spiro atoms. The summed E-state index contributed by atoms with van der Waals surface area (Å²) in [5, 5.41) is 2.41. The van der Waals surface area contributed by atoms with E-state index < -0.39 is 46.9 Å². The van der Waals surface area contributed by atoms with Gasteiger partial charge in [0.25, 0.3) is 0 Å². The van der Waals surface area contributed by atoms with Crippen LogP contribution in [-0.2, 0) is 15.8 Å². The minimum atomic E-state index is -4.69. The third-order valence-corrected chi connectivity index (χ3v) is 5.37. The van der Waals surface area contributed by atoms with Gasteiger partial charge in [-0.25, -0.2) is 13.8 Å². The largest absolute Gasteiger partial charge is 0.416 e. The number of likely N-dealkylation sites (N-methyl/N-ethyl adjacent to an activating group) is 1. The fourth-order valence-electron chi connectivity index (χ4n) is 3.61. The van der Waals surface area contributed by atoms with E-state index in [2.05, 4.69) is 10.3 Å². The summed E-state index contributed by atoms with van der Waals surface area (Å²) in [6.07, 6.45) is -4.87. The van der Waals surface area contributed by atoms with Crippen LogP contribution in [0.1, 0.15) is 24.1 Å². The number of aromatic nitrogens is 1. The minimum absolute atomic E-state index is 0.00509. The molecule has 1 aliphatic rings. The molecule has 6 nitrogen and oxygen atoms in total. The molecule has 1 saturated heterocycles. The quantitative estimate of drug-likeness (QED) is 0.520. The fourth-order valence-corrected chi connectivity index (χ4v) is 3.89. The molecule has 0 radical (unpaired) electrons. The molecule has 0 aliphatic carbocycles. The summed E-state index contributed by atoms with van der Waals surface area (Å²) in [6, 6.07) is 0.963. The van der Waals surface area contributed by atoms with E-state index in [1.807, 2.05) is 0 Å². The van der Waals surface area contributed by atoms with Crippen molar-refractivity contribution in [2.24, 2.45) is 0 Å². The van der Waals surface area contributed by atoms with Crippen molar-refractivity contribution in [2.75, 3.05) is 29.2 Å². The van der Waals surface area contributed by atoms with Crippen LogP contribution in [0.15, 0.2) is 18.2 Å². The number of benzene rings is 1. The average molecular weight is 477 g/mol. The molecule has 172 valence electrons. The molecule has 1 N–H and O–H groups in total. The molecule has 0 saturated carbocycles. The Bertz CT molecular complexity index is 1090. The van der Waals surface area contributed by atoms with E-state index in [4.69, 9.17) is 11.6 Å². The van der Waals surface area contributed by atoms with Gasteiger partial charge in [0, 0.05) is 26.2 Å². The maximum atomic E-state index is 14.6. The van der Waals surface area contributed by atoms with E-state index in [1.165, 1.54) is 14.0 Å². The van der Waals surface area contributed by atoms with Gasteiger partial charge in [0.15, 0.2) is 11.6 Å². The summed E-state index contributed by atoms with van der Waals surface area (Å²) in [7, 11) is 2.55. The van der Waals surface area contributed by atoms with Gasteiger partial charge in [0.05, 0.1) is 16.3 Å². The molecule has 32 heavy (non-hydrogen) atoms. The highest BCUT2D eigenvalue weighted by Crippen LogP contribution is 2.39. The topological polar surface area (TPSA) is 65.5 Å². The van der Waals surface area contributed by atoms with Crippen molar-refractivity contribution in [1.82, 2.24) is 4.98 Å². The zero-order valence-electron chi connectivity index (χ0n) is 17.1. The van der Waals surface area contributed by atoms with Crippen molar-refractivity contribution in [3.8, 4) is 0 Å². The number of nitrogens with one attached hydrogen (secondary N) is 1. The number of nitrogens with zero attached hydrogens (tertiary/aromatic N) is 3. The summed E-state index contributed by atoms with van der Waals surface area (Å²) in [5.74, 6) is -4.45. The number of rotatable bonds is 4. The van der Waals surface area contributed by atoms with Crippen LogP contribution in [0.3, 0.4) is 0 Å². The number of aryl methyl sites for hydroxylation is 1. The Balaban J connectivity index is 2.05. The highest BCUT2D eigenvalue weighted by atomic mass is 35.5. The Hall–Kier alpha value is -2.95. The molecule has 2 amide bonds. The summed E-state index contributed by atoms with van der Waals surface area (Å²) in [5.41, 5.74) is -1.59. The predicted molar refractivity (Wildman–Crippen MR) is 109 cm³/mol. The zero-order valence-corrected chi connectivity index (χ0v) is 17.9. The molecular weight excluding hydrogens is 459 g/mol.